The molecule has 0 heterocycles. The molecule has 1 saturated carbocycles. The maximum atomic E-state index is 9.75. The van der Waals surface area contributed by atoms with Gasteiger partial charge in [0.1, 0.15) is 5.75 Å². The number of hydrogen-bond donors (Lipinski definition) is 2. The third-order valence-corrected chi connectivity index (χ3v) is 4.47. The van der Waals surface area contributed by atoms with E-state index in [0.717, 1.165) is 30.1 Å². The van der Waals surface area contributed by atoms with Gasteiger partial charge in [-0.1, -0.05) is 26.0 Å². The van der Waals surface area contributed by atoms with E-state index in [4.69, 9.17) is 0 Å². The van der Waals surface area contributed by atoms with Gasteiger partial charge in [0.15, 0.2) is 0 Å². The van der Waals surface area contributed by atoms with Crippen LogP contribution >= 0.6 is 0 Å². The average Bonchev–Trinajstić information content (AvgIpc) is 3.07. The largest absolute Gasteiger partial charge is 0.507 e. The van der Waals surface area contributed by atoms with Gasteiger partial charge in [0.2, 0.25) is 0 Å². The average molecular weight is 247 g/mol. The Kier molecular flexibility index (Phi) is 3.67. The molecule has 1 aromatic rings. The Hall–Kier alpha value is -1.02. The molecule has 0 aromatic heterocycles. The summed E-state index contributed by atoms with van der Waals surface area (Å²) in [6.45, 7) is 10.6. The molecule has 0 aliphatic heterocycles. The molecule has 1 aliphatic carbocycles. The fourth-order valence-electron chi connectivity index (χ4n) is 2.72. The van der Waals surface area contributed by atoms with E-state index in [-0.39, 0.29) is 0 Å². The number of rotatable bonds is 5. The van der Waals surface area contributed by atoms with E-state index in [1.54, 1.807) is 0 Å². The molecule has 0 amide bonds. The minimum Gasteiger partial charge on any atom is -0.507 e. The first-order chi connectivity index (χ1) is 8.44. The fourth-order valence-corrected chi connectivity index (χ4v) is 2.72. The highest BCUT2D eigenvalue weighted by molar-refractivity contribution is 5.42. The second-order valence-corrected chi connectivity index (χ2v) is 6.20. The lowest BCUT2D eigenvalue weighted by atomic mass is 9.92. The maximum absolute atomic E-state index is 9.75. The fraction of sp³-hybridized carbons (Fsp3) is 0.625. The van der Waals surface area contributed by atoms with Gasteiger partial charge >= 0.3 is 0 Å². The van der Waals surface area contributed by atoms with E-state index < -0.39 is 0 Å². The van der Waals surface area contributed by atoms with Crippen LogP contribution in [-0.4, -0.2) is 11.7 Å². The molecule has 0 unspecified atom stereocenters. The Morgan fingerprint density at radius 2 is 1.78 bits per heavy atom. The van der Waals surface area contributed by atoms with Gasteiger partial charge in [-0.05, 0) is 54.7 Å². The molecule has 0 spiro atoms. The smallest absolute Gasteiger partial charge is 0.121 e. The molecule has 100 valence electrons. The van der Waals surface area contributed by atoms with E-state index in [1.165, 1.54) is 18.4 Å². The molecule has 0 atom stereocenters. The monoisotopic (exact) mass is 247 g/mol. The second kappa shape index (κ2) is 4.93. The van der Waals surface area contributed by atoms with Gasteiger partial charge in [-0.3, -0.25) is 0 Å². The molecule has 2 heteroatoms. The van der Waals surface area contributed by atoms with Gasteiger partial charge in [-0.25, -0.2) is 0 Å². The Labute approximate surface area is 110 Å². The van der Waals surface area contributed by atoms with Gasteiger partial charge in [-0.2, -0.15) is 0 Å². The molecule has 1 aliphatic rings. The van der Waals surface area contributed by atoms with Crippen LogP contribution in [0.15, 0.2) is 12.1 Å². The summed E-state index contributed by atoms with van der Waals surface area (Å²) in [5.41, 5.74) is 3.76. The summed E-state index contributed by atoms with van der Waals surface area (Å²) in [7, 11) is 0. The molecular weight excluding hydrogens is 222 g/mol. The third kappa shape index (κ3) is 2.69. The summed E-state index contributed by atoms with van der Waals surface area (Å²) >= 11 is 0. The quantitative estimate of drug-likeness (QED) is 0.834. The van der Waals surface area contributed by atoms with Crippen molar-refractivity contribution < 1.29 is 5.11 Å². The van der Waals surface area contributed by atoms with Crippen LogP contribution in [0.3, 0.4) is 0 Å². The highest BCUT2D eigenvalue weighted by Gasteiger charge is 2.44. The van der Waals surface area contributed by atoms with Crippen LogP contribution < -0.4 is 5.32 Å². The van der Waals surface area contributed by atoms with Gasteiger partial charge in [0.25, 0.3) is 0 Å². The summed E-state index contributed by atoms with van der Waals surface area (Å²) < 4.78 is 0. The Morgan fingerprint density at radius 3 is 2.22 bits per heavy atom. The molecule has 0 radical (unpaired) electrons. The molecule has 1 fully saturated rings. The van der Waals surface area contributed by atoms with E-state index in [0.29, 0.717) is 11.2 Å². The van der Waals surface area contributed by atoms with Crippen LogP contribution in [0.25, 0.3) is 0 Å². The molecule has 2 N–H and O–H groups in total. The summed E-state index contributed by atoms with van der Waals surface area (Å²) in [6, 6.07) is 4.15. The van der Waals surface area contributed by atoms with Crippen LogP contribution in [0, 0.1) is 25.2 Å². The van der Waals surface area contributed by atoms with Crippen LogP contribution in [0.4, 0.5) is 0 Å². The predicted octanol–water partition coefficient (Wildman–Crippen LogP) is 3.53. The van der Waals surface area contributed by atoms with Crippen molar-refractivity contribution in [1.29, 1.82) is 0 Å². The van der Waals surface area contributed by atoms with Gasteiger partial charge in [0.05, 0.1) is 0 Å². The summed E-state index contributed by atoms with van der Waals surface area (Å²) in [4.78, 5) is 0. The zero-order valence-electron chi connectivity index (χ0n) is 12.0. The lowest BCUT2D eigenvalue weighted by Crippen LogP contribution is -2.27. The lowest BCUT2D eigenvalue weighted by molar-refractivity contribution is 0.338. The molecular formula is C16H25NO. The highest BCUT2D eigenvalue weighted by atomic mass is 16.3. The number of phenolic OH excluding ortho intramolecular Hbond substituents is 1. The van der Waals surface area contributed by atoms with Crippen molar-refractivity contribution in [3.8, 4) is 5.75 Å². The Morgan fingerprint density at radius 1 is 1.22 bits per heavy atom. The minimum absolute atomic E-state index is 0.430. The van der Waals surface area contributed by atoms with Crippen LogP contribution in [-0.2, 0) is 6.54 Å². The zero-order valence-corrected chi connectivity index (χ0v) is 12.0. The highest BCUT2D eigenvalue weighted by Crippen LogP contribution is 2.51. The molecule has 2 rings (SSSR count). The van der Waals surface area contributed by atoms with Crippen LogP contribution in [0.1, 0.15) is 43.4 Å². The van der Waals surface area contributed by atoms with E-state index in [1.807, 2.05) is 13.8 Å². The van der Waals surface area contributed by atoms with E-state index >= 15 is 0 Å². The molecule has 1 aromatic carbocycles. The predicted molar refractivity (Wildman–Crippen MR) is 75.8 cm³/mol. The number of nitrogens with one attached hydrogen (secondary N) is 1. The van der Waals surface area contributed by atoms with Gasteiger partial charge < -0.3 is 10.4 Å². The second-order valence-electron chi connectivity index (χ2n) is 6.20. The third-order valence-electron chi connectivity index (χ3n) is 4.47. The molecule has 0 saturated heterocycles. The van der Waals surface area contributed by atoms with Crippen molar-refractivity contribution in [2.75, 3.05) is 6.54 Å². The normalized spacial score (nSPS) is 17.2. The van der Waals surface area contributed by atoms with Crippen molar-refractivity contribution in [2.45, 2.75) is 47.1 Å². The first-order valence-corrected chi connectivity index (χ1v) is 6.94. The van der Waals surface area contributed by atoms with E-state index in [2.05, 4.69) is 31.3 Å². The number of hydrogen-bond acceptors (Lipinski definition) is 2. The van der Waals surface area contributed by atoms with Crippen molar-refractivity contribution in [2.24, 2.45) is 11.3 Å². The first kappa shape index (κ1) is 13.4. The van der Waals surface area contributed by atoms with Crippen molar-refractivity contribution >= 4 is 0 Å². The van der Waals surface area contributed by atoms with Crippen LogP contribution in [0.2, 0.25) is 0 Å². The van der Waals surface area contributed by atoms with Gasteiger partial charge in [-0.15, -0.1) is 0 Å². The minimum atomic E-state index is 0.430. The van der Waals surface area contributed by atoms with Crippen molar-refractivity contribution in [3.63, 3.8) is 0 Å². The number of phenols is 1. The molecule has 18 heavy (non-hydrogen) atoms. The number of aryl methyl sites for hydroxylation is 2. The Balaban J connectivity index is 1.91. The molecule has 0 bridgehead atoms. The van der Waals surface area contributed by atoms with Crippen molar-refractivity contribution in [3.05, 3.63) is 28.8 Å². The number of benzene rings is 1. The van der Waals surface area contributed by atoms with Crippen molar-refractivity contribution in [1.82, 2.24) is 5.32 Å². The summed E-state index contributed by atoms with van der Waals surface area (Å²) in [5, 5.41) is 13.3. The lowest BCUT2D eigenvalue weighted by Gasteiger charge is -2.20. The SMILES string of the molecule is Cc1cc(CNCC2(C(C)C)CC2)cc(C)c1O. The maximum Gasteiger partial charge on any atom is 0.121 e. The zero-order chi connectivity index (χ0) is 13.3. The van der Waals surface area contributed by atoms with Crippen LogP contribution in [0.5, 0.6) is 5.75 Å². The number of aromatic hydroxyl groups is 1. The first-order valence-electron chi connectivity index (χ1n) is 6.94. The summed E-state index contributed by atoms with van der Waals surface area (Å²) in [5.74, 6) is 1.20. The van der Waals surface area contributed by atoms with Gasteiger partial charge in [0, 0.05) is 13.1 Å². The van der Waals surface area contributed by atoms with E-state index in [9.17, 15) is 5.11 Å². The topological polar surface area (TPSA) is 32.3 Å². The molecule has 2 nitrogen and oxygen atoms in total. The standard InChI is InChI=1S/C16H25NO/c1-11(2)16(5-6-16)10-17-9-14-7-12(3)15(18)13(4)8-14/h7-8,11,17-18H,5-6,9-10H2,1-4H3. The Bertz CT molecular complexity index is 410. The summed E-state index contributed by atoms with van der Waals surface area (Å²) in [6.07, 6.45) is 2.73.